The molecule has 0 aromatic rings. The van der Waals surface area contributed by atoms with E-state index < -0.39 is 0 Å². The molecule has 2 saturated heterocycles. The van der Waals surface area contributed by atoms with Crippen LogP contribution in [0, 0.1) is 5.92 Å². The summed E-state index contributed by atoms with van der Waals surface area (Å²) >= 11 is 0. The van der Waals surface area contributed by atoms with Crippen LogP contribution in [0.5, 0.6) is 0 Å². The van der Waals surface area contributed by atoms with E-state index in [0.29, 0.717) is 18.5 Å². The lowest BCUT2D eigenvalue weighted by Gasteiger charge is -2.24. The largest absolute Gasteiger partial charge is 0.335 e. The minimum atomic E-state index is -0.332. The Morgan fingerprint density at radius 3 is 2.67 bits per heavy atom. The average Bonchev–Trinajstić information content (AvgIpc) is 3.06. The number of urea groups is 1. The van der Waals surface area contributed by atoms with Gasteiger partial charge in [-0.25, -0.2) is 4.79 Å². The van der Waals surface area contributed by atoms with Gasteiger partial charge in [0.15, 0.2) is 0 Å². The van der Waals surface area contributed by atoms with Crippen molar-refractivity contribution in [1.29, 1.82) is 0 Å². The average molecular weight is 294 g/mol. The predicted molar refractivity (Wildman–Crippen MR) is 79.9 cm³/mol. The van der Waals surface area contributed by atoms with Crippen LogP contribution in [0.4, 0.5) is 4.79 Å². The Morgan fingerprint density at radius 2 is 1.90 bits per heavy atom. The molecule has 2 heterocycles. The van der Waals surface area contributed by atoms with Gasteiger partial charge in [-0.2, -0.15) is 0 Å². The summed E-state index contributed by atoms with van der Waals surface area (Å²) in [6.45, 7) is 3.30. The number of nitrogens with one attached hydrogen (secondary N) is 3. The lowest BCUT2D eigenvalue weighted by atomic mass is 9.94. The number of hydrogen-bond donors (Lipinski definition) is 3. The highest BCUT2D eigenvalue weighted by atomic mass is 16.2. The van der Waals surface area contributed by atoms with Gasteiger partial charge in [0, 0.05) is 25.2 Å². The van der Waals surface area contributed by atoms with Crippen molar-refractivity contribution >= 4 is 11.9 Å². The third-order valence-corrected chi connectivity index (χ3v) is 4.99. The number of nitrogens with zero attached hydrogens (tertiary/aromatic N) is 1. The molecule has 2 unspecified atom stereocenters. The Balaban J connectivity index is 1.38. The summed E-state index contributed by atoms with van der Waals surface area (Å²) in [5.41, 5.74) is 0. The van der Waals surface area contributed by atoms with Gasteiger partial charge in [-0.05, 0) is 38.1 Å². The lowest BCUT2D eigenvalue weighted by molar-refractivity contribution is -0.120. The van der Waals surface area contributed by atoms with Crippen molar-refractivity contribution < 1.29 is 9.59 Å². The van der Waals surface area contributed by atoms with E-state index in [4.69, 9.17) is 0 Å². The van der Waals surface area contributed by atoms with Gasteiger partial charge >= 0.3 is 6.03 Å². The van der Waals surface area contributed by atoms with Crippen LogP contribution in [0.25, 0.3) is 0 Å². The van der Waals surface area contributed by atoms with Gasteiger partial charge in [-0.15, -0.1) is 0 Å². The molecule has 3 N–H and O–H groups in total. The normalized spacial score (nSPS) is 30.1. The maximum atomic E-state index is 12.0. The highest BCUT2D eigenvalue weighted by Gasteiger charge is 2.34. The SMILES string of the molecule is O=C(CN1CC2CCCNC2C1)NC(=O)NC1CCCC1. The summed E-state index contributed by atoms with van der Waals surface area (Å²) in [6, 6.07) is 0.442. The van der Waals surface area contributed by atoms with Crippen molar-refractivity contribution in [3.8, 4) is 0 Å². The first-order chi connectivity index (χ1) is 10.2. The number of likely N-dealkylation sites (tertiary alicyclic amines) is 1. The minimum absolute atomic E-state index is 0.191. The molecule has 0 bridgehead atoms. The molecule has 0 aromatic heterocycles. The number of fused-ring (bicyclic) bond motifs is 1. The molecule has 0 spiro atoms. The lowest BCUT2D eigenvalue weighted by Crippen LogP contribution is -2.47. The van der Waals surface area contributed by atoms with Crippen molar-refractivity contribution in [2.75, 3.05) is 26.2 Å². The minimum Gasteiger partial charge on any atom is -0.335 e. The second-order valence-corrected chi connectivity index (χ2v) is 6.66. The number of amides is 3. The Hall–Kier alpha value is -1.14. The number of imide groups is 1. The Morgan fingerprint density at radius 1 is 1.10 bits per heavy atom. The fraction of sp³-hybridized carbons (Fsp3) is 0.867. The maximum absolute atomic E-state index is 12.0. The van der Waals surface area contributed by atoms with Crippen LogP contribution < -0.4 is 16.0 Å². The number of carbonyl (C=O) groups is 2. The molecule has 3 rings (SSSR count). The van der Waals surface area contributed by atoms with Crippen LogP contribution >= 0.6 is 0 Å². The van der Waals surface area contributed by atoms with Crippen LogP contribution in [-0.2, 0) is 4.79 Å². The topological polar surface area (TPSA) is 73.5 Å². The molecule has 1 saturated carbocycles. The third-order valence-electron chi connectivity index (χ3n) is 4.99. The quantitative estimate of drug-likeness (QED) is 0.706. The van der Waals surface area contributed by atoms with Gasteiger partial charge in [-0.1, -0.05) is 12.8 Å². The van der Waals surface area contributed by atoms with E-state index in [-0.39, 0.29) is 18.0 Å². The molecular formula is C15H26N4O2. The molecule has 2 atom stereocenters. The van der Waals surface area contributed by atoms with E-state index in [1.807, 2.05) is 0 Å². The molecule has 0 aromatic carbocycles. The van der Waals surface area contributed by atoms with Gasteiger partial charge in [-0.3, -0.25) is 15.0 Å². The van der Waals surface area contributed by atoms with E-state index in [1.54, 1.807) is 0 Å². The molecule has 118 valence electrons. The van der Waals surface area contributed by atoms with Gasteiger partial charge in [0.05, 0.1) is 6.54 Å². The van der Waals surface area contributed by atoms with Crippen molar-refractivity contribution in [1.82, 2.24) is 20.9 Å². The van der Waals surface area contributed by atoms with Crippen molar-refractivity contribution in [3.05, 3.63) is 0 Å². The first-order valence-electron chi connectivity index (χ1n) is 8.27. The second kappa shape index (κ2) is 6.75. The third kappa shape index (κ3) is 3.95. The summed E-state index contributed by atoms with van der Waals surface area (Å²) < 4.78 is 0. The number of carbonyl (C=O) groups excluding carboxylic acids is 2. The Bertz CT molecular complexity index is 381. The molecule has 1 aliphatic carbocycles. The second-order valence-electron chi connectivity index (χ2n) is 6.66. The summed E-state index contributed by atoms with van der Waals surface area (Å²) in [5, 5.41) is 8.87. The molecule has 3 fully saturated rings. The van der Waals surface area contributed by atoms with Gasteiger partial charge in [0.1, 0.15) is 0 Å². The number of hydrogen-bond acceptors (Lipinski definition) is 4. The number of rotatable bonds is 3. The zero-order valence-corrected chi connectivity index (χ0v) is 12.6. The first kappa shape index (κ1) is 14.8. The highest BCUT2D eigenvalue weighted by molar-refractivity contribution is 5.95. The molecule has 0 radical (unpaired) electrons. The summed E-state index contributed by atoms with van der Waals surface area (Å²) in [7, 11) is 0. The monoisotopic (exact) mass is 294 g/mol. The van der Waals surface area contributed by atoms with Gasteiger partial charge in [0.25, 0.3) is 0 Å². The summed E-state index contributed by atoms with van der Waals surface area (Å²) in [4.78, 5) is 25.9. The standard InChI is InChI=1S/C15H26N4O2/c20-14(18-15(21)17-12-5-1-2-6-12)10-19-8-11-4-3-7-16-13(11)9-19/h11-13,16H,1-10H2,(H2,17,18,20,21). The zero-order valence-electron chi connectivity index (χ0n) is 12.6. The molecule has 3 aliphatic rings. The van der Waals surface area contributed by atoms with E-state index in [0.717, 1.165) is 32.5 Å². The first-order valence-corrected chi connectivity index (χ1v) is 8.27. The Kier molecular flexibility index (Phi) is 4.75. The van der Waals surface area contributed by atoms with E-state index in [2.05, 4.69) is 20.9 Å². The van der Waals surface area contributed by atoms with Crippen molar-refractivity contribution in [3.63, 3.8) is 0 Å². The predicted octanol–water partition coefficient (Wildman–Crippen LogP) is 0.439. The van der Waals surface area contributed by atoms with Gasteiger partial charge in [0.2, 0.25) is 5.91 Å². The summed E-state index contributed by atoms with van der Waals surface area (Å²) in [6.07, 6.45) is 6.87. The Labute approximate surface area is 126 Å². The highest BCUT2D eigenvalue weighted by Crippen LogP contribution is 2.24. The van der Waals surface area contributed by atoms with E-state index >= 15 is 0 Å². The van der Waals surface area contributed by atoms with Crippen LogP contribution in [0.2, 0.25) is 0 Å². The molecular weight excluding hydrogens is 268 g/mol. The summed E-state index contributed by atoms with van der Waals surface area (Å²) in [5.74, 6) is 0.475. The van der Waals surface area contributed by atoms with Crippen LogP contribution in [-0.4, -0.2) is 55.1 Å². The van der Waals surface area contributed by atoms with Gasteiger partial charge < -0.3 is 10.6 Å². The smallest absolute Gasteiger partial charge is 0.321 e. The van der Waals surface area contributed by atoms with Crippen LogP contribution in [0.3, 0.4) is 0 Å². The molecule has 21 heavy (non-hydrogen) atoms. The van der Waals surface area contributed by atoms with Crippen LogP contribution in [0.1, 0.15) is 38.5 Å². The fourth-order valence-electron chi connectivity index (χ4n) is 3.93. The van der Waals surface area contributed by atoms with Crippen LogP contribution in [0.15, 0.2) is 0 Å². The fourth-order valence-corrected chi connectivity index (χ4v) is 3.93. The van der Waals surface area contributed by atoms with E-state index in [9.17, 15) is 9.59 Å². The van der Waals surface area contributed by atoms with Crippen molar-refractivity contribution in [2.24, 2.45) is 5.92 Å². The zero-order chi connectivity index (χ0) is 14.7. The van der Waals surface area contributed by atoms with Crippen molar-refractivity contribution in [2.45, 2.75) is 50.6 Å². The molecule has 2 aliphatic heterocycles. The molecule has 6 heteroatoms. The van der Waals surface area contributed by atoms with E-state index in [1.165, 1.54) is 25.7 Å². The molecule has 3 amide bonds. The maximum Gasteiger partial charge on any atom is 0.321 e. The molecule has 6 nitrogen and oxygen atoms in total. The number of piperidine rings is 1.